The van der Waals surface area contributed by atoms with Gasteiger partial charge in [0.25, 0.3) is 0 Å². The van der Waals surface area contributed by atoms with Gasteiger partial charge >= 0.3 is 0 Å². The van der Waals surface area contributed by atoms with Crippen LogP contribution >= 0.6 is 0 Å². The molecule has 9 rings (SSSR count). The molecule has 4 nitrogen and oxygen atoms in total. The molecule has 0 atom stereocenters. The molecule has 0 saturated carbocycles. The fraction of sp³-hybridized carbons (Fsp3) is 0. The monoisotopic (exact) mass is 806 g/mol. The first-order chi connectivity index (χ1) is 31.7. The van der Waals surface area contributed by atoms with Crippen LogP contribution in [0, 0.1) is 94.7 Å². The summed E-state index contributed by atoms with van der Waals surface area (Å²) in [6, 6.07) is 46.9. The van der Waals surface area contributed by atoms with Gasteiger partial charge in [0.1, 0.15) is 0 Å². The first kappa shape index (κ1) is 39.4. The van der Waals surface area contributed by atoms with Gasteiger partial charge in [0, 0.05) is 22.3 Å². The largest absolute Gasteiger partial charge is 0.353 e. The molecule has 0 unspecified atom stereocenters. The molecule has 4 aromatic carbocycles. The Morgan fingerprint density at radius 2 is 0.469 bits per heavy atom. The van der Waals surface area contributed by atoms with Crippen LogP contribution in [0.15, 0.2) is 146 Å². The molecule has 2 aliphatic heterocycles. The molecule has 0 amide bonds. The summed E-state index contributed by atoms with van der Waals surface area (Å²) in [6.07, 6.45) is 7.75. The number of nitrogens with one attached hydrogen (secondary N) is 2. The normalized spacial score (nSPS) is 10.0. The minimum atomic E-state index is 0.635. The van der Waals surface area contributed by atoms with Crippen LogP contribution in [-0.2, 0) is 0 Å². The molecule has 8 bridgehead atoms. The second kappa shape index (κ2) is 19.4. The number of fused-ring (bicyclic) bond motifs is 8. The standard InChI is InChI=1S/C60H30N4/c1-5-21-45(22-6-1)29-13-17-33-49-53-37-39-55(61-53)50(34-18-14-30-46-23-7-2-8-24-46)57-41-43-59(63-57)52(36-20-16-32-48-27-11-4-12-28-48)60-44-42-58(64-60)51(56-40-38-54(49)62-56)35-19-15-31-47-25-9-3-10-26-47/h1-12,21-28,37-44,61,64H. The van der Waals surface area contributed by atoms with Crippen LogP contribution in [0.25, 0.3) is 46.4 Å². The highest BCUT2D eigenvalue weighted by Gasteiger charge is 2.14. The minimum Gasteiger partial charge on any atom is -0.353 e. The average Bonchev–Trinajstić information content (AvgIpc) is 4.20. The van der Waals surface area contributed by atoms with Crippen molar-refractivity contribution in [2.45, 2.75) is 0 Å². The molecule has 5 heterocycles. The van der Waals surface area contributed by atoms with Gasteiger partial charge in [-0.2, -0.15) is 0 Å². The van der Waals surface area contributed by atoms with Gasteiger partial charge in [-0.3, -0.25) is 0 Å². The lowest BCUT2D eigenvalue weighted by atomic mass is 10.2. The van der Waals surface area contributed by atoms with Gasteiger partial charge in [-0.05, 0) is 168 Å². The molecule has 0 spiro atoms. The van der Waals surface area contributed by atoms with E-state index in [1.165, 1.54) is 0 Å². The summed E-state index contributed by atoms with van der Waals surface area (Å²) in [6.45, 7) is 0. The first-order valence-electron chi connectivity index (χ1n) is 20.2. The maximum absolute atomic E-state index is 5.14. The Kier molecular flexibility index (Phi) is 11.9. The molecule has 3 aromatic heterocycles. The van der Waals surface area contributed by atoms with Crippen LogP contribution in [0.5, 0.6) is 0 Å². The molecule has 0 aliphatic carbocycles. The quantitative estimate of drug-likeness (QED) is 0.150. The third kappa shape index (κ3) is 9.70. The number of hydrogen-bond acceptors (Lipinski definition) is 2. The van der Waals surface area contributed by atoms with Crippen molar-refractivity contribution in [1.29, 1.82) is 0 Å². The van der Waals surface area contributed by atoms with Crippen molar-refractivity contribution in [3.8, 4) is 94.7 Å². The number of H-pyrrole nitrogens is 2. The van der Waals surface area contributed by atoms with Crippen LogP contribution in [0.4, 0.5) is 0 Å². The molecule has 0 fully saturated rings. The second-order valence-corrected chi connectivity index (χ2v) is 14.0. The van der Waals surface area contributed by atoms with E-state index in [4.69, 9.17) is 9.97 Å². The number of hydrogen-bond donors (Lipinski definition) is 2. The summed E-state index contributed by atoms with van der Waals surface area (Å²) in [5, 5.41) is 0. The van der Waals surface area contributed by atoms with Crippen LogP contribution in [-0.4, -0.2) is 19.9 Å². The Balaban J connectivity index is 1.30. The van der Waals surface area contributed by atoms with Gasteiger partial charge < -0.3 is 9.97 Å². The third-order valence-electron chi connectivity index (χ3n) is 9.68. The van der Waals surface area contributed by atoms with Gasteiger partial charge in [0.05, 0.1) is 67.1 Å². The highest BCUT2D eigenvalue weighted by molar-refractivity contribution is 5.88. The third-order valence-corrected chi connectivity index (χ3v) is 9.68. The van der Waals surface area contributed by atoms with E-state index in [2.05, 4.69) is 105 Å². The lowest BCUT2D eigenvalue weighted by molar-refractivity contribution is 1.29. The number of nitrogens with zero attached hydrogens (tertiary/aromatic N) is 2. The number of aromatic amines is 2. The van der Waals surface area contributed by atoms with Crippen molar-refractivity contribution in [1.82, 2.24) is 19.9 Å². The van der Waals surface area contributed by atoms with E-state index in [1.807, 2.05) is 170 Å². The molecule has 290 valence electrons. The zero-order valence-corrected chi connectivity index (χ0v) is 34.1. The van der Waals surface area contributed by atoms with Gasteiger partial charge in [-0.15, -0.1) is 0 Å². The maximum atomic E-state index is 5.14. The maximum Gasteiger partial charge on any atom is 0.0816 e. The van der Waals surface area contributed by atoms with Crippen LogP contribution < -0.4 is 0 Å². The summed E-state index contributed by atoms with van der Waals surface area (Å²) in [5.74, 6) is 50.1. The lowest BCUT2D eigenvalue weighted by Crippen LogP contribution is -1.89. The van der Waals surface area contributed by atoms with Gasteiger partial charge in [0.2, 0.25) is 0 Å². The Labute approximate surface area is 372 Å². The number of benzene rings is 4. The van der Waals surface area contributed by atoms with E-state index < -0.39 is 0 Å². The molecule has 2 aliphatic rings. The van der Waals surface area contributed by atoms with Crippen molar-refractivity contribution in [2.24, 2.45) is 0 Å². The summed E-state index contributed by atoms with van der Waals surface area (Å²) in [7, 11) is 0. The van der Waals surface area contributed by atoms with Crippen LogP contribution in [0.1, 0.15) is 67.3 Å². The fourth-order valence-electron chi connectivity index (χ4n) is 6.61. The summed E-state index contributed by atoms with van der Waals surface area (Å²) >= 11 is 0. The predicted octanol–water partition coefficient (Wildman–Crippen LogP) is 10.3. The zero-order chi connectivity index (χ0) is 43.2. The molecular weight excluding hydrogens is 777 g/mol. The molecule has 0 saturated heterocycles. The Morgan fingerprint density at radius 3 is 0.703 bits per heavy atom. The fourth-order valence-corrected chi connectivity index (χ4v) is 6.61. The zero-order valence-electron chi connectivity index (χ0n) is 34.1. The predicted molar refractivity (Wildman–Crippen MR) is 260 cm³/mol. The van der Waals surface area contributed by atoms with E-state index in [0.717, 1.165) is 44.3 Å². The highest BCUT2D eigenvalue weighted by atomic mass is 14.8. The van der Waals surface area contributed by atoms with Crippen molar-refractivity contribution in [2.75, 3.05) is 0 Å². The lowest BCUT2D eigenvalue weighted by Gasteiger charge is -1.97. The van der Waals surface area contributed by atoms with Crippen molar-refractivity contribution in [3.05, 3.63) is 213 Å². The topological polar surface area (TPSA) is 57.4 Å². The van der Waals surface area contributed by atoms with E-state index >= 15 is 0 Å². The Bertz CT molecular complexity index is 3240. The summed E-state index contributed by atoms with van der Waals surface area (Å²) < 4.78 is 0. The van der Waals surface area contributed by atoms with E-state index in [-0.39, 0.29) is 0 Å². The number of aromatic nitrogens is 4. The molecule has 7 aromatic rings. The highest BCUT2D eigenvalue weighted by Crippen LogP contribution is 2.26. The molecule has 0 radical (unpaired) electrons. The van der Waals surface area contributed by atoms with Crippen molar-refractivity contribution in [3.63, 3.8) is 0 Å². The van der Waals surface area contributed by atoms with Crippen molar-refractivity contribution < 1.29 is 0 Å². The molecule has 4 heteroatoms. The summed E-state index contributed by atoms with van der Waals surface area (Å²) in [4.78, 5) is 17.4. The number of rotatable bonds is 0. The SMILES string of the molecule is C(C#Cc1c2nc(c(C#CC#Cc3ccccc3)c3ccc([nH]3)c(C#CC#Cc3ccccc3)c3nc(c(C#CC#Cc4ccccc4)c4ccc1[nH]4)C=C3)C=C2)#Cc1ccccc1. The minimum absolute atomic E-state index is 0.635. The van der Waals surface area contributed by atoms with E-state index in [1.54, 1.807) is 0 Å². The molecule has 2 N–H and O–H groups in total. The smallest absolute Gasteiger partial charge is 0.0816 e. The first-order valence-corrected chi connectivity index (χ1v) is 20.2. The Hall–Kier alpha value is -10.0. The van der Waals surface area contributed by atoms with E-state index in [0.29, 0.717) is 45.0 Å². The van der Waals surface area contributed by atoms with Crippen LogP contribution in [0.2, 0.25) is 0 Å². The van der Waals surface area contributed by atoms with Crippen molar-refractivity contribution >= 4 is 46.4 Å². The molecular formula is C60H30N4. The molecule has 64 heavy (non-hydrogen) atoms. The van der Waals surface area contributed by atoms with Crippen LogP contribution in [0.3, 0.4) is 0 Å². The van der Waals surface area contributed by atoms with Gasteiger partial charge in [0.15, 0.2) is 0 Å². The average molecular weight is 807 g/mol. The van der Waals surface area contributed by atoms with Gasteiger partial charge in [-0.25, -0.2) is 9.97 Å². The van der Waals surface area contributed by atoms with E-state index in [9.17, 15) is 0 Å². The Morgan fingerprint density at radius 1 is 0.250 bits per heavy atom. The van der Waals surface area contributed by atoms with Gasteiger partial charge in [-0.1, -0.05) is 96.5 Å². The summed E-state index contributed by atoms with van der Waals surface area (Å²) in [5.41, 5.74) is 11.5. The second-order valence-electron chi connectivity index (χ2n) is 14.0.